The van der Waals surface area contributed by atoms with Crippen LogP contribution in [0, 0.1) is 0 Å². The van der Waals surface area contributed by atoms with E-state index in [9.17, 15) is 0 Å². The van der Waals surface area contributed by atoms with Crippen LogP contribution in [0.15, 0.2) is 0 Å². The smallest absolute Gasteiger partial charge is 0.0599 e. The predicted octanol–water partition coefficient (Wildman–Crippen LogP) is 1.32. The Hall–Kier alpha value is -0.160. The van der Waals surface area contributed by atoms with Crippen LogP contribution >= 0.6 is 0 Å². The van der Waals surface area contributed by atoms with Crippen LogP contribution in [-0.4, -0.2) is 74.4 Å². The summed E-state index contributed by atoms with van der Waals surface area (Å²) < 4.78 is 6.01. The molecule has 0 amide bonds. The Morgan fingerprint density at radius 2 is 1.85 bits per heavy atom. The molecule has 1 N–H and O–H groups in total. The summed E-state index contributed by atoms with van der Waals surface area (Å²) in [6, 6.07) is 0.850. The second kappa shape index (κ2) is 7.74. The molecule has 0 spiro atoms. The summed E-state index contributed by atoms with van der Waals surface area (Å²) in [4.78, 5) is 5.40. The third kappa shape index (κ3) is 4.17. The first kappa shape index (κ1) is 14.8. The van der Waals surface area contributed by atoms with Gasteiger partial charge in [0, 0.05) is 25.7 Å². The largest absolute Gasteiger partial charge is 0.378 e. The van der Waals surface area contributed by atoms with Crippen molar-refractivity contribution in [3.05, 3.63) is 0 Å². The first-order chi connectivity index (χ1) is 9.92. The molecular weight excluding hydrogens is 250 g/mol. The van der Waals surface area contributed by atoms with Crippen LogP contribution in [0.25, 0.3) is 0 Å². The zero-order chi connectivity index (χ0) is 13.6. The Morgan fingerprint density at radius 1 is 1.00 bits per heavy atom. The van der Waals surface area contributed by atoms with Crippen LogP contribution in [0.3, 0.4) is 0 Å². The van der Waals surface area contributed by atoms with Crippen LogP contribution in [0.5, 0.6) is 0 Å². The van der Waals surface area contributed by atoms with Gasteiger partial charge < -0.3 is 15.0 Å². The molecule has 1 atom stereocenters. The summed E-state index contributed by atoms with van der Waals surface area (Å²) in [6.45, 7) is 9.71. The number of rotatable bonds is 5. The minimum absolute atomic E-state index is 0.519. The summed E-state index contributed by atoms with van der Waals surface area (Å²) >= 11 is 0. The second-order valence-electron chi connectivity index (χ2n) is 6.66. The average Bonchev–Trinajstić information content (AvgIpc) is 2.83. The summed E-state index contributed by atoms with van der Waals surface area (Å²) in [5.74, 6) is 0. The van der Waals surface area contributed by atoms with Gasteiger partial charge in [0.2, 0.25) is 0 Å². The van der Waals surface area contributed by atoms with Crippen molar-refractivity contribution in [3.8, 4) is 0 Å². The van der Waals surface area contributed by atoms with Crippen molar-refractivity contribution in [1.82, 2.24) is 15.1 Å². The van der Waals surface area contributed by atoms with Gasteiger partial charge in [-0.2, -0.15) is 0 Å². The zero-order valence-electron chi connectivity index (χ0n) is 12.9. The normalized spacial score (nSPS) is 30.3. The number of fused-ring (bicyclic) bond motifs is 1. The molecule has 3 saturated heterocycles. The monoisotopic (exact) mass is 281 g/mol. The summed E-state index contributed by atoms with van der Waals surface area (Å²) in [6.07, 6.45) is 8.30. The van der Waals surface area contributed by atoms with Crippen molar-refractivity contribution in [2.24, 2.45) is 0 Å². The maximum absolute atomic E-state index is 6.01. The van der Waals surface area contributed by atoms with Gasteiger partial charge in [-0.05, 0) is 71.2 Å². The standard InChI is InChI=1S/C16H31N3O/c1-4-15-14-18(9-2-12-19(15)11-1)10-3-13-20-16-5-7-17-8-6-16/h15-17H,1-14H2. The topological polar surface area (TPSA) is 27.7 Å². The SMILES string of the molecule is C(COC1CCNCC1)CN1CCCN2CCCC2C1. The number of nitrogens with one attached hydrogen (secondary N) is 1. The third-order valence-electron chi connectivity index (χ3n) is 5.15. The van der Waals surface area contributed by atoms with E-state index in [-0.39, 0.29) is 0 Å². The van der Waals surface area contributed by atoms with Gasteiger partial charge in [-0.15, -0.1) is 0 Å². The van der Waals surface area contributed by atoms with E-state index in [4.69, 9.17) is 4.74 Å². The van der Waals surface area contributed by atoms with Gasteiger partial charge in [0.25, 0.3) is 0 Å². The molecule has 0 aromatic heterocycles. The van der Waals surface area contributed by atoms with Crippen molar-refractivity contribution in [3.63, 3.8) is 0 Å². The number of hydrogen-bond acceptors (Lipinski definition) is 4. The zero-order valence-corrected chi connectivity index (χ0v) is 12.9. The van der Waals surface area contributed by atoms with Crippen molar-refractivity contribution in [1.29, 1.82) is 0 Å². The van der Waals surface area contributed by atoms with E-state index >= 15 is 0 Å². The highest BCUT2D eigenvalue weighted by atomic mass is 16.5. The highest BCUT2D eigenvalue weighted by Gasteiger charge is 2.28. The van der Waals surface area contributed by atoms with Crippen molar-refractivity contribution in [2.45, 2.75) is 50.7 Å². The molecular formula is C16H31N3O. The molecule has 0 radical (unpaired) electrons. The van der Waals surface area contributed by atoms with Gasteiger partial charge in [-0.1, -0.05) is 0 Å². The lowest BCUT2D eigenvalue weighted by Gasteiger charge is -2.26. The first-order valence-electron chi connectivity index (χ1n) is 8.70. The van der Waals surface area contributed by atoms with Gasteiger partial charge in [0.05, 0.1) is 6.10 Å². The van der Waals surface area contributed by atoms with E-state index in [0.29, 0.717) is 6.10 Å². The molecule has 4 nitrogen and oxygen atoms in total. The molecule has 4 heteroatoms. The molecule has 3 heterocycles. The molecule has 1 unspecified atom stereocenters. The van der Waals surface area contributed by atoms with E-state index in [2.05, 4.69) is 15.1 Å². The van der Waals surface area contributed by atoms with E-state index in [1.807, 2.05) is 0 Å². The fourth-order valence-electron chi connectivity index (χ4n) is 3.99. The molecule has 3 fully saturated rings. The van der Waals surface area contributed by atoms with Crippen molar-refractivity contribution < 1.29 is 4.74 Å². The summed E-state index contributed by atoms with van der Waals surface area (Å²) in [5, 5.41) is 3.39. The van der Waals surface area contributed by atoms with E-state index in [0.717, 1.165) is 25.7 Å². The molecule has 0 aliphatic carbocycles. The Labute approximate surface area is 123 Å². The second-order valence-corrected chi connectivity index (χ2v) is 6.66. The van der Waals surface area contributed by atoms with Crippen LogP contribution in [-0.2, 0) is 4.74 Å². The molecule has 0 bridgehead atoms. The van der Waals surface area contributed by atoms with Crippen LogP contribution < -0.4 is 5.32 Å². The molecule has 3 rings (SSSR count). The van der Waals surface area contributed by atoms with E-state index < -0.39 is 0 Å². The third-order valence-corrected chi connectivity index (χ3v) is 5.15. The predicted molar refractivity (Wildman–Crippen MR) is 82.1 cm³/mol. The minimum atomic E-state index is 0.519. The van der Waals surface area contributed by atoms with Crippen LogP contribution in [0.2, 0.25) is 0 Å². The average molecular weight is 281 g/mol. The molecule has 20 heavy (non-hydrogen) atoms. The van der Waals surface area contributed by atoms with E-state index in [1.54, 1.807) is 0 Å². The van der Waals surface area contributed by atoms with Crippen LogP contribution in [0.1, 0.15) is 38.5 Å². The molecule has 3 aliphatic heterocycles. The van der Waals surface area contributed by atoms with E-state index in [1.165, 1.54) is 71.2 Å². The Kier molecular flexibility index (Phi) is 5.71. The highest BCUT2D eigenvalue weighted by molar-refractivity contribution is 4.84. The van der Waals surface area contributed by atoms with Crippen molar-refractivity contribution in [2.75, 3.05) is 52.4 Å². The lowest BCUT2D eigenvalue weighted by molar-refractivity contribution is 0.0275. The van der Waals surface area contributed by atoms with Crippen LogP contribution in [0.4, 0.5) is 0 Å². The maximum Gasteiger partial charge on any atom is 0.0599 e. The Morgan fingerprint density at radius 3 is 2.75 bits per heavy atom. The van der Waals surface area contributed by atoms with Crippen molar-refractivity contribution >= 4 is 0 Å². The fraction of sp³-hybridized carbons (Fsp3) is 1.00. The number of nitrogens with zero attached hydrogens (tertiary/aromatic N) is 2. The fourth-order valence-corrected chi connectivity index (χ4v) is 3.99. The number of hydrogen-bond donors (Lipinski definition) is 1. The highest BCUT2D eigenvalue weighted by Crippen LogP contribution is 2.21. The van der Waals surface area contributed by atoms with Gasteiger partial charge in [0.1, 0.15) is 0 Å². The molecule has 116 valence electrons. The summed E-state index contributed by atoms with van der Waals surface area (Å²) in [7, 11) is 0. The summed E-state index contributed by atoms with van der Waals surface area (Å²) in [5.41, 5.74) is 0. The quantitative estimate of drug-likeness (QED) is 0.769. The lowest BCUT2D eigenvalue weighted by atomic mass is 10.1. The number of piperidine rings is 1. The maximum atomic E-state index is 6.01. The molecule has 0 aromatic carbocycles. The Balaban J connectivity index is 1.31. The van der Waals surface area contributed by atoms with Gasteiger partial charge in [-0.25, -0.2) is 0 Å². The van der Waals surface area contributed by atoms with Gasteiger partial charge >= 0.3 is 0 Å². The lowest BCUT2D eigenvalue weighted by Crippen LogP contribution is -2.37. The van der Waals surface area contributed by atoms with Gasteiger partial charge in [-0.3, -0.25) is 4.90 Å². The molecule has 0 aromatic rings. The molecule has 0 saturated carbocycles. The number of ether oxygens (including phenoxy) is 1. The minimum Gasteiger partial charge on any atom is -0.378 e. The van der Waals surface area contributed by atoms with Gasteiger partial charge in [0.15, 0.2) is 0 Å². The molecule has 3 aliphatic rings. The Bertz CT molecular complexity index is 281. The first-order valence-corrected chi connectivity index (χ1v) is 8.70.